The van der Waals surface area contributed by atoms with Crippen molar-refractivity contribution in [2.75, 3.05) is 20.4 Å². The van der Waals surface area contributed by atoms with Gasteiger partial charge in [-0.25, -0.2) is 22.7 Å². The van der Waals surface area contributed by atoms with Crippen molar-refractivity contribution in [1.82, 2.24) is 14.9 Å². The zero-order valence-corrected chi connectivity index (χ0v) is 20.6. The summed E-state index contributed by atoms with van der Waals surface area (Å²) in [5.74, 6) is -2.99. The van der Waals surface area contributed by atoms with E-state index in [1.54, 1.807) is 31.1 Å². The van der Waals surface area contributed by atoms with Gasteiger partial charge in [0.1, 0.15) is 0 Å². The van der Waals surface area contributed by atoms with Gasteiger partial charge < -0.3 is 9.47 Å². The number of nitrogens with zero attached hydrogens (tertiary/aromatic N) is 2. The number of nitrogens with one attached hydrogen (secondary N) is 1. The number of pyridine rings is 1. The van der Waals surface area contributed by atoms with Gasteiger partial charge >= 0.3 is 0 Å². The SMILES string of the molecule is CN(C)Cc1ccc(-c2ccc3c(=O)n(CC[C@@](C)(C(=O)NO)S(C)(=O)=O)ccc3c2)c(F)c1F. The molecule has 0 aliphatic heterocycles. The molecule has 0 saturated carbocycles. The van der Waals surface area contributed by atoms with E-state index >= 15 is 0 Å². The highest BCUT2D eigenvalue weighted by Gasteiger charge is 2.43. The van der Waals surface area contributed by atoms with Gasteiger partial charge in [-0.2, -0.15) is 0 Å². The Bertz CT molecular complexity index is 1450. The van der Waals surface area contributed by atoms with E-state index < -0.39 is 37.7 Å². The first kappa shape index (κ1) is 26.5. The van der Waals surface area contributed by atoms with Gasteiger partial charge in [0.2, 0.25) is 0 Å². The molecule has 0 spiro atoms. The molecule has 3 aromatic rings. The lowest BCUT2D eigenvalue weighted by Crippen LogP contribution is -2.49. The Labute approximate surface area is 201 Å². The van der Waals surface area contributed by atoms with Gasteiger partial charge in [0.05, 0.1) is 0 Å². The van der Waals surface area contributed by atoms with E-state index in [1.165, 1.54) is 47.4 Å². The fourth-order valence-corrected chi connectivity index (χ4v) is 4.67. The number of rotatable bonds is 8. The predicted octanol–water partition coefficient (Wildman–Crippen LogP) is 2.71. The summed E-state index contributed by atoms with van der Waals surface area (Å²) >= 11 is 0. The van der Waals surface area contributed by atoms with Crippen molar-refractivity contribution in [1.29, 1.82) is 0 Å². The van der Waals surface area contributed by atoms with Crippen LogP contribution in [0.4, 0.5) is 8.78 Å². The van der Waals surface area contributed by atoms with Gasteiger partial charge in [0.15, 0.2) is 26.2 Å². The standard InChI is InChI=1S/C24H27F2N3O5S/c1-24(23(31)27-32,35(4,33)34)10-12-29-11-9-16-13-15(5-8-19(16)22(29)30)18-7-6-17(14-28(2)3)20(25)21(18)26/h5-9,11,13,32H,10,12,14H2,1-4H3,(H,27,31)/t24-/m0/s1. The van der Waals surface area contributed by atoms with Gasteiger partial charge in [-0.05, 0) is 56.6 Å². The lowest BCUT2D eigenvalue weighted by Gasteiger charge is -2.25. The Morgan fingerprint density at radius 3 is 2.43 bits per heavy atom. The maximum Gasteiger partial charge on any atom is 0.264 e. The van der Waals surface area contributed by atoms with Crippen LogP contribution in [0.1, 0.15) is 18.9 Å². The maximum absolute atomic E-state index is 14.8. The van der Waals surface area contributed by atoms with E-state index in [2.05, 4.69) is 0 Å². The van der Waals surface area contributed by atoms with E-state index in [0.717, 1.165) is 6.26 Å². The molecule has 0 unspecified atom stereocenters. The van der Waals surface area contributed by atoms with Crippen LogP contribution in [0.25, 0.3) is 21.9 Å². The number of sulfone groups is 1. The quantitative estimate of drug-likeness (QED) is 0.359. The fourth-order valence-electron chi connectivity index (χ4n) is 3.83. The zero-order chi connectivity index (χ0) is 26.1. The summed E-state index contributed by atoms with van der Waals surface area (Å²) in [6.45, 7) is 1.31. The average molecular weight is 508 g/mol. The predicted molar refractivity (Wildman–Crippen MR) is 129 cm³/mol. The Morgan fingerprint density at radius 2 is 1.83 bits per heavy atom. The van der Waals surface area contributed by atoms with Crippen LogP contribution in [0.5, 0.6) is 0 Å². The summed E-state index contributed by atoms with van der Waals surface area (Å²) in [6.07, 6.45) is 2.05. The largest absolute Gasteiger partial charge is 0.315 e. The maximum atomic E-state index is 14.8. The van der Waals surface area contributed by atoms with Crippen LogP contribution in [0.3, 0.4) is 0 Å². The molecule has 2 N–H and O–H groups in total. The molecule has 2 aromatic carbocycles. The van der Waals surface area contributed by atoms with Crippen LogP contribution >= 0.6 is 0 Å². The molecule has 0 aliphatic rings. The molecule has 0 radical (unpaired) electrons. The Kier molecular flexibility index (Phi) is 7.44. The molecule has 0 fully saturated rings. The van der Waals surface area contributed by atoms with Crippen molar-refractivity contribution in [3.05, 3.63) is 70.1 Å². The van der Waals surface area contributed by atoms with E-state index in [9.17, 15) is 26.8 Å². The van der Waals surface area contributed by atoms with Gasteiger partial charge in [-0.1, -0.05) is 18.2 Å². The third kappa shape index (κ3) is 5.12. The second-order valence-electron chi connectivity index (χ2n) is 8.95. The topological polar surface area (TPSA) is 109 Å². The number of halogens is 2. The number of benzene rings is 2. The molecule has 188 valence electrons. The lowest BCUT2D eigenvalue weighted by atomic mass is 9.99. The molecular weight excluding hydrogens is 480 g/mol. The molecule has 1 aromatic heterocycles. The minimum absolute atomic E-state index is 0.0648. The lowest BCUT2D eigenvalue weighted by molar-refractivity contribution is -0.131. The third-order valence-corrected chi connectivity index (χ3v) is 8.19. The molecule has 1 amide bonds. The summed E-state index contributed by atoms with van der Waals surface area (Å²) in [4.78, 5) is 26.7. The van der Waals surface area contributed by atoms with Crippen LogP contribution in [-0.2, 0) is 27.7 Å². The van der Waals surface area contributed by atoms with Gasteiger partial charge in [-0.15, -0.1) is 0 Å². The number of carbonyl (C=O) groups is 1. The highest BCUT2D eigenvalue weighted by atomic mass is 32.2. The molecule has 0 saturated heterocycles. The fraction of sp³-hybridized carbons (Fsp3) is 0.333. The second-order valence-corrected chi connectivity index (χ2v) is 11.4. The zero-order valence-electron chi connectivity index (χ0n) is 19.8. The van der Waals surface area contributed by atoms with Crippen LogP contribution in [-0.4, -0.2) is 54.1 Å². The molecule has 0 bridgehead atoms. The summed E-state index contributed by atoms with van der Waals surface area (Å²) < 4.78 is 52.9. The first-order chi connectivity index (χ1) is 16.3. The normalized spacial score (nSPS) is 13.7. The van der Waals surface area contributed by atoms with Crippen LogP contribution < -0.4 is 11.0 Å². The molecule has 35 heavy (non-hydrogen) atoms. The van der Waals surface area contributed by atoms with Crippen LogP contribution in [0, 0.1) is 11.6 Å². The summed E-state index contributed by atoms with van der Waals surface area (Å²) in [5, 5.41) is 9.72. The minimum Gasteiger partial charge on any atom is -0.315 e. The molecule has 3 rings (SSSR count). The molecule has 8 nitrogen and oxygen atoms in total. The van der Waals surface area contributed by atoms with Crippen molar-refractivity contribution in [3.63, 3.8) is 0 Å². The van der Waals surface area contributed by atoms with E-state index in [0.29, 0.717) is 10.9 Å². The van der Waals surface area contributed by atoms with Crippen LogP contribution in [0.2, 0.25) is 0 Å². The van der Waals surface area contributed by atoms with Gasteiger partial charge in [0.25, 0.3) is 11.5 Å². The van der Waals surface area contributed by atoms with E-state index in [4.69, 9.17) is 5.21 Å². The van der Waals surface area contributed by atoms with E-state index in [1.807, 2.05) is 0 Å². The molecule has 1 atom stereocenters. The smallest absolute Gasteiger partial charge is 0.264 e. The number of hydrogen-bond acceptors (Lipinski definition) is 6. The number of fused-ring (bicyclic) bond motifs is 1. The number of aryl methyl sites for hydroxylation is 1. The van der Waals surface area contributed by atoms with Gasteiger partial charge in [0, 0.05) is 42.1 Å². The molecular formula is C24H27F2N3O5S. The summed E-state index contributed by atoms with van der Waals surface area (Å²) in [5.41, 5.74) is 1.62. The van der Waals surface area contributed by atoms with E-state index in [-0.39, 0.29) is 36.0 Å². The first-order valence-corrected chi connectivity index (χ1v) is 12.6. The number of aromatic nitrogens is 1. The summed E-state index contributed by atoms with van der Waals surface area (Å²) in [7, 11) is -0.403. The van der Waals surface area contributed by atoms with Crippen molar-refractivity contribution < 1.29 is 27.2 Å². The second kappa shape index (κ2) is 9.84. The number of hydrogen-bond donors (Lipinski definition) is 2. The molecule has 1 heterocycles. The number of carbonyl (C=O) groups excluding carboxylic acids is 1. The highest BCUT2D eigenvalue weighted by molar-refractivity contribution is 7.92. The Hall–Kier alpha value is -3.15. The van der Waals surface area contributed by atoms with Crippen molar-refractivity contribution in [2.45, 2.75) is 31.2 Å². The Morgan fingerprint density at radius 1 is 1.14 bits per heavy atom. The molecule has 0 aliphatic carbocycles. The first-order valence-electron chi connectivity index (χ1n) is 10.7. The van der Waals surface area contributed by atoms with Crippen molar-refractivity contribution in [2.24, 2.45) is 0 Å². The number of hydroxylamine groups is 1. The third-order valence-electron chi connectivity index (χ3n) is 6.17. The van der Waals surface area contributed by atoms with Crippen molar-refractivity contribution >= 4 is 26.5 Å². The van der Waals surface area contributed by atoms with Gasteiger partial charge in [-0.3, -0.25) is 14.8 Å². The minimum atomic E-state index is -3.91. The van der Waals surface area contributed by atoms with Crippen LogP contribution in [0.15, 0.2) is 47.4 Å². The Balaban J connectivity index is 1.96. The van der Waals surface area contributed by atoms with Crippen molar-refractivity contribution in [3.8, 4) is 11.1 Å². The summed E-state index contributed by atoms with van der Waals surface area (Å²) in [6, 6.07) is 9.19. The average Bonchev–Trinajstić information content (AvgIpc) is 2.79. The molecule has 11 heteroatoms. The monoisotopic (exact) mass is 507 g/mol. The highest BCUT2D eigenvalue weighted by Crippen LogP contribution is 2.29. The number of amides is 1.